The summed E-state index contributed by atoms with van der Waals surface area (Å²) in [6.45, 7) is 12.3. The molecule has 6 nitrogen and oxygen atoms in total. The van der Waals surface area contributed by atoms with Gasteiger partial charge in [0, 0.05) is 19.4 Å². The number of imidazole rings is 1. The Morgan fingerprint density at radius 1 is 1.33 bits per heavy atom. The second-order valence-corrected chi connectivity index (χ2v) is 6.96. The van der Waals surface area contributed by atoms with Crippen molar-refractivity contribution < 1.29 is 4.74 Å². The normalized spacial score (nSPS) is 24.0. The molecule has 1 aliphatic heterocycles. The van der Waals surface area contributed by atoms with Gasteiger partial charge in [0.2, 0.25) is 0 Å². The number of anilines is 1. The Kier molecular flexibility index (Phi) is 3.89. The van der Waals surface area contributed by atoms with Crippen LogP contribution >= 0.6 is 0 Å². The molecule has 2 aliphatic rings. The predicted molar refractivity (Wildman–Crippen MR) is 92.0 cm³/mol. The molecule has 1 saturated heterocycles. The van der Waals surface area contributed by atoms with E-state index in [1.807, 2.05) is 10.7 Å². The van der Waals surface area contributed by atoms with Crippen molar-refractivity contribution in [3.8, 4) is 0 Å². The predicted octanol–water partition coefficient (Wildman–Crippen LogP) is 3.03. The minimum Gasteiger partial charge on any atom is -0.377 e. The monoisotopic (exact) mass is 325 g/mol. The van der Waals surface area contributed by atoms with Crippen LogP contribution < -0.4 is 4.90 Å². The third-order valence-corrected chi connectivity index (χ3v) is 5.44. The third kappa shape index (κ3) is 2.44. The Bertz CT molecular complexity index is 771. The lowest BCUT2D eigenvalue weighted by molar-refractivity contribution is 0.0984. The molecule has 0 aromatic carbocycles. The average molecular weight is 325 g/mol. The van der Waals surface area contributed by atoms with E-state index in [9.17, 15) is 0 Å². The summed E-state index contributed by atoms with van der Waals surface area (Å²) in [5.74, 6) is 0.930. The van der Waals surface area contributed by atoms with Crippen molar-refractivity contribution in [3.05, 3.63) is 35.6 Å². The van der Waals surface area contributed by atoms with E-state index in [-0.39, 0.29) is 6.04 Å². The van der Waals surface area contributed by atoms with E-state index in [0.29, 0.717) is 6.61 Å². The van der Waals surface area contributed by atoms with Gasteiger partial charge in [-0.05, 0) is 25.8 Å². The second-order valence-electron chi connectivity index (χ2n) is 6.96. The summed E-state index contributed by atoms with van der Waals surface area (Å²) in [5, 5.41) is 4.75. The Labute approximate surface area is 142 Å². The van der Waals surface area contributed by atoms with E-state index >= 15 is 0 Å². The number of nitrogens with zero attached hydrogens (tertiary/aromatic N) is 5. The molecular formula is C18H23N5O. The molecule has 24 heavy (non-hydrogen) atoms. The molecule has 2 aromatic rings. The number of fused-ring (bicyclic) bond motifs is 1. The van der Waals surface area contributed by atoms with Gasteiger partial charge in [-0.3, -0.25) is 0 Å². The largest absolute Gasteiger partial charge is 0.377 e. The first-order valence-electron chi connectivity index (χ1n) is 8.80. The lowest BCUT2D eigenvalue weighted by Crippen LogP contribution is -2.44. The van der Waals surface area contributed by atoms with Crippen molar-refractivity contribution in [2.75, 3.05) is 24.7 Å². The molecule has 0 spiro atoms. The lowest BCUT2D eigenvalue weighted by atomic mass is 9.77. The molecule has 1 atom stereocenters. The zero-order valence-corrected chi connectivity index (χ0v) is 14.1. The van der Waals surface area contributed by atoms with E-state index in [1.165, 1.54) is 6.42 Å². The summed E-state index contributed by atoms with van der Waals surface area (Å²) in [6, 6.07) is 2.43. The van der Waals surface area contributed by atoms with Gasteiger partial charge in [0.15, 0.2) is 5.82 Å². The number of rotatable bonds is 2. The van der Waals surface area contributed by atoms with Crippen molar-refractivity contribution in [1.29, 1.82) is 0 Å². The van der Waals surface area contributed by atoms with Crippen molar-refractivity contribution in [3.63, 3.8) is 0 Å². The number of aromatic nitrogens is 3. The van der Waals surface area contributed by atoms with Crippen LogP contribution in [0, 0.1) is 6.57 Å². The highest BCUT2D eigenvalue weighted by Gasteiger charge is 2.42. The van der Waals surface area contributed by atoms with Gasteiger partial charge in [0.1, 0.15) is 6.33 Å². The van der Waals surface area contributed by atoms with Crippen LogP contribution in [-0.4, -0.2) is 40.4 Å². The van der Waals surface area contributed by atoms with Crippen LogP contribution in [-0.2, 0) is 10.3 Å². The molecule has 4 rings (SSSR count). The molecule has 0 radical (unpaired) electrons. The molecule has 2 aromatic heterocycles. The lowest BCUT2D eigenvalue weighted by Gasteiger charge is -2.35. The highest BCUT2D eigenvalue weighted by Crippen LogP contribution is 2.43. The van der Waals surface area contributed by atoms with Crippen molar-refractivity contribution in [1.82, 2.24) is 14.6 Å². The van der Waals surface area contributed by atoms with Gasteiger partial charge in [0.05, 0.1) is 36.5 Å². The molecule has 0 unspecified atom stereocenters. The molecule has 1 aliphatic carbocycles. The van der Waals surface area contributed by atoms with Gasteiger partial charge in [-0.15, -0.1) is 5.10 Å². The average Bonchev–Trinajstić information content (AvgIpc) is 3.10. The molecule has 126 valence electrons. The summed E-state index contributed by atoms with van der Waals surface area (Å²) in [4.78, 5) is 10.7. The maximum absolute atomic E-state index is 7.91. The fraction of sp³-hybridized carbons (Fsp3) is 0.611. The summed E-state index contributed by atoms with van der Waals surface area (Å²) >= 11 is 0. The molecule has 2 fully saturated rings. The van der Waals surface area contributed by atoms with Crippen molar-refractivity contribution >= 4 is 11.3 Å². The van der Waals surface area contributed by atoms with E-state index in [2.05, 4.69) is 27.7 Å². The van der Waals surface area contributed by atoms with Gasteiger partial charge in [-0.1, -0.05) is 6.42 Å². The van der Waals surface area contributed by atoms with Gasteiger partial charge >= 0.3 is 0 Å². The quantitative estimate of drug-likeness (QED) is 0.796. The van der Waals surface area contributed by atoms with E-state index in [0.717, 1.165) is 55.7 Å². The van der Waals surface area contributed by atoms with Crippen LogP contribution in [0.4, 0.5) is 5.82 Å². The highest BCUT2D eigenvalue weighted by molar-refractivity contribution is 5.61. The maximum atomic E-state index is 7.91. The Morgan fingerprint density at radius 3 is 2.92 bits per heavy atom. The van der Waals surface area contributed by atoms with Gasteiger partial charge < -0.3 is 14.5 Å². The van der Waals surface area contributed by atoms with Crippen molar-refractivity contribution in [2.24, 2.45) is 0 Å². The van der Waals surface area contributed by atoms with E-state index < -0.39 is 5.54 Å². The minimum atomic E-state index is -0.424. The van der Waals surface area contributed by atoms with Crippen LogP contribution in [0.25, 0.3) is 10.4 Å². The summed E-state index contributed by atoms with van der Waals surface area (Å²) < 4.78 is 7.40. The molecule has 1 saturated carbocycles. The first kappa shape index (κ1) is 15.4. The smallest absolute Gasteiger partial charge is 0.259 e. The topological polar surface area (TPSA) is 47.0 Å². The van der Waals surface area contributed by atoms with Gasteiger partial charge in [-0.2, -0.15) is 0 Å². The Morgan fingerprint density at radius 2 is 2.17 bits per heavy atom. The first-order chi connectivity index (χ1) is 11.7. The van der Waals surface area contributed by atoms with E-state index in [1.54, 1.807) is 6.33 Å². The maximum Gasteiger partial charge on any atom is 0.259 e. The second kappa shape index (κ2) is 6.06. The molecule has 0 N–H and O–H groups in total. The van der Waals surface area contributed by atoms with Gasteiger partial charge in [-0.25, -0.2) is 16.1 Å². The van der Waals surface area contributed by atoms with Crippen LogP contribution in [0.1, 0.15) is 44.6 Å². The molecule has 0 amide bonds. The first-order valence-corrected chi connectivity index (χ1v) is 8.80. The molecule has 3 heterocycles. The third-order valence-electron chi connectivity index (χ3n) is 5.44. The molecule has 6 heteroatoms. The molecular weight excluding hydrogens is 302 g/mol. The van der Waals surface area contributed by atoms with Gasteiger partial charge in [0.25, 0.3) is 5.54 Å². The number of ether oxygens (including phenoxy) is 1. The fourth-order valence-corrected chi connectivity index (χ4v) is 4.06. The fourth-order valence-electron chi connectivity index (χ4n) is 4.06. The molecule has 0 bridgehead atoms. The number of hydrogen-bond acceptors (Lipinski definition) is 4. The highest BCUT2D eigenvalue weighted by atomic mass is 16.5. The number of morpholine rings is 1. The SMILES string of the molecule is [C-]#[N+]C1(c2cc(N3CCOC[C@H]3C)nn3cncc23)CCCCC1. The standard InChI is InChI=1S/C18H23N5O/c1-14-12-24-9-8-22(14)17-10-15(16-11-20-13-23(16)21-17)18(19-2)6-4-3-5-7-18/h10-11,13-14H,3-9,12H2,1H3/t14-/m1/s1. The van der Waals surface area contributed by atoms with Crippen LogP contribution in [0.2, 0.25) is 0 Å². The zero-order chi connectivity index (χ0) is 16.6. The minimum absolute atomic E-state index is 0.287. The summed E-state index contributed by atoms with van der Waals surface area (Å²) in [5.41, 5.74) is 1.64. The Balaban J connectivity index is 1.85. The number of hydrogen-bond donors (Lipinski definition) is 0. The Hall–Kier alpha value is -2.13. The summed E-state index contributed by atoms with van der Waals surface area (Å²) in [6.07, 6.45) is 8.91. The van der Waals surface area contributed by atoms with E-state index in [4.69, 9.17) is 16.4 Å². The van der Waals surface area contributed by atoms with Crippen molar-refractivity contribution in [2.45, 2.75) is 50.6 Å². The zero-order valence-electron chi connectivity index (χ0n) is 14.1. The van der Waals surface area contributed by atoms with Crippen LogP contribution in [0.5, 0.6) is 0 Å². The van der Waals surface area contributed by atoms with Crippen LogP contribution in [0.3, 0.4) is 0 Å². The van der Waals surface area contributed by atoms with Crippen LogP contribution in [0.15, 0.2) is 18.6 Å². The summed E-state index contributed by atoms with van der Waals surface area (Å²) in [7, 11) is 0.